The predicted octanol–water partition coefficient (Wildman–Crippen LogP) is 2.63. The van der Waals surface area contributed by atoms with E-state index < -0.39 is 10.8 Å². The van der Waals surface area contributed by atoms with Crippen molar-refractivity contribution < 1.29 is 4.21 Å². The molecule has 1 aromatic rings. The Kier molecular flexibility index (Phi) is 4.82. The second-order valence-electron chi connectivity index (χ2n) is 4.19. The molecule has 0 aliphatic rings. The largest absolute Gasteiger partial charge is 0.385 e. The van der Waals surface area contributed by atoms with Gasteiger partial charge in [0.05, 0.1) is 0 Å². The minimum atomic E-state index is -0.765. The molecule has 0 saturated heterocycles. The van der Waals surface area contributed by atoms with Crippen LogP contribution in [0.1, 0.15) is 19.4 Å². The average Bonchev–Trinajstić information content (AvgIpc) is 2.14. The SMILES string of the molecule is CC(C)CNc1cccc(C[S@](C)=O)c1. The first-order valence-electron chi connectivity index (χ1n) is 5.21. The Balaban J connectivity index is 2.61. The third-order valence-electron chi connectivity index (χ3n) is 2.01. The molecule has 0 aromatic heterocycles. The third kappa shape index (κ3) is 4.98. The first-order chi connectivity index (χ1) is 7.08. The van der Waals surface area contributed by atoms with Crippen LogP contribution in [-0.4, -0.2) is 17.0 Å². The molecule has 0 aliphatic heterocycles. The van der Waals surface area contributed by atoms with E-state index in [-0.39, 0.29) is 0 Å². The summed E-state index contributed by atoms with van der Waals surface area (Å²) in [7, 11) is -0.765. The Labute approximate surface area is 94.5 Å². The summed E-state index contributed by atoms with van der Waals surface area (Å²) in [6, 6.07) is 8.14. The average molecular weight is 225 g/mol. The van der Waals surface area contributed by atoms with Crippen LogP contribution >= 0.6 is 0 Å². The maximum Gasteiger partial charge on any atom is 0.0483 e. The second kappa shape index (κ2) is 5.91. The van der Waals surface area contributed by atoms with Gasteiger partial charge in [-0.1, -0.05) is 26.0 Å². The van der Waals surface area contributed by atoms with Gasteiger partial charge in [-0.15, -0.1) is 0 Å². The highest BCUT2D eigenvalue weighted by atomic mass is 32.2. The molecule has 1 N–H and O–H groups in total. The zero-order valence-electron chi connectivity index (χ0n) is 9.62. The normalized spacial score (nSPS) is 12.8. The highest BCUT2D eigenvalue weighted by Crippen LogP contribution is 2.12. The van der Waals surface area contributed by atoms with E-state index in [0.717, 1.165) is 17.8 Å². The van der Waals surface area contributed by atoms with Crippen LogP contribution in [0.5, 0.6) is 0 Å². The Morgan fingerprint density at radius 3 is 2.73 bits per heavy atom. The van der Waals surface area contributed by atoms with Gasteiger partial charge in [0.2, 0.25) is 0 Å². The van der Waals surface area contributed by atoms with Crippen LogP contribution in [0.25, 0.3) is 0 Å². The van der Waals surface area contributed by atoms with Crippen LogP contribution in [0, 0.1) is 5.92 Å². The summed E-state index contributed by atoms with van der Waals surface area (Å²) in [6.45, 7) is 5.33. The number of hydrogen-bond acceptors (Lipinski definition) is 2. The van der Waals surface area contributed by atoms with Crippen molar-refractivity contribution in [1.82, 2.24) is 0 Å². The molecular formula is C12H19NOS. The summed E-state index contributed by atoms with van der Waals surface area (Å²) in [6.07, 6.45) is 1.73. The summed E-state index contributed by atoms with van der Waals surface area (Å²) < 4.78 is 11.1. The maximum atomic E-state index is 11.1. The highest BCUT2D eigenvalue weighted by molar-refractivity contribution is 7.83. The van der Waals surface area contributed by atoms with Gasteiger partial charge in [0.1, 0.15) is 0 Å². The van der Waals surface area contributed by atoms with Gasteiger partial charge in [-0.25, -0.2) is 0 Å². The zero-order chi connectivity index (χ0) is 11.3. The zero-order valence-corrected chi connectivity index (χ0v) is 10.4. The molecule has 0 bridgehead atoms. The van der Waals surface area contributed by atoms with Crippen LogP contribution in [0.3, 0.4) is 0 Å². The van der Waals surface area contributed by atoms with Crippen molar-refractivity contribution in [2.45, 2.75) is 19.6 Å². The monoisotopic (exact) mass is 225 g/mol. The number of rotatable bonds is 5. The first-order valence-corrected chi connectivity index (χ1v) is 6.93. The van der Waals surface area contributed by atoms with Crippen molar-refractivity contribution >= 4 is 16.5 Å². The standard InChI is InChI=1S/C12H19NOS/c1-10(2)8-13-12-6-4-5-11(7-12)9-15(3)14/h4-7,10,13H,8-9H2,1-3H3/t15-/m0/s1. The molecule has 0 aliphatic carbocycles. The van der Waals surface area contributed by atoms with Gasteiger partial charge in [-0.3, -0.25) is 4.21 Å². The molecule has 15 heavy (non-hydrogen) atoms. The first kappa shape index (κ1) is 12.2. The topological polar surface area (TPSA) is 29.1 Å². The van der Waals surface area contributed by atoms with Crippen LogP contribution in [0.2, 0.25) is 0 Å². The van der Waals surface area contributed by atoms with Gasteiger partial charge in [0, 0.05) is 35.0 Å². The summed E-state index contributed by atoms with van der Waals surface area (Å²) in [4.78, 5) is 0. The molecule has 0 fully saturated rings. The third-order valence-corrected chi connectivity index (χ3v) is 2.75. The van der Waals surface area contributed by atoms with Crippen molar-refractivity contribution in [3.05, 3.63) is 29.8 Å². The number of anilines is 1. The van der Waals surface area contributed by atoms with E-state index >= 15 is 0 Å². The fraction of sp³-hybridized carbons (Fsp3) is 0.500. The van der Waals surface area contributed by atoms with E-state index in [1.54, 1.807) is 6.26 Å². The summed E-state index contributed by atoms with van der Waals surface area (Å²) in [5, 5.41) is 3.36. The van der Waals surface area contributed by atoms with E-state index in [1.165, 1.54) is 0 Å². The maximum absolute atomic E-state index is 11.1. The van der Waals surface area contributed by atoms with Crippen molar-refractivity contribution in [2.24, 2.45) is 5.92 Å². The molecule has 1 atom stereocenters. The molecule has 3 heteroatoms. The van der Waals surface area contributed by atoms with E-state index in [1.807, 2.05) is 18.2 Å². The molecule has 0 heterocycles. The molecule has 0 radical (unpaired) electrons. The molecule has 0 unspecified atom stereocenters. The molecule has 0 spiro atoms. The quantitative estimate of drug-likeness (QED) is 0.834. The van der Waals surface area contributed by atoms with Crippen molar-refractivity contribution in [3.63, 3.8) is 0 Å². The smallest absolute Gasteiger partial charge is 0.0483 e. The minimum Gasteiger partial charge on any atom is -0.385 e. The lowest BCUT2D eigenvalue weighted by Gasteiger charge is -2.09. The van der Waals surface area contributed by atoms with Crippen LogP contribution in [0.4, 0.5) is 5.69 Å². The lowest BCUT2D eigenvalue weighted by molar-refractivity contribution is 0.686. The molecule has 2 nitrogen and oxygen atoms in total. The fourth-order valence-electron chi connectivity index (χ4n) is 1.33. The number of benzene rings is 1. The Bertz CT molecular complexity index is 336. The molecule has 1 rings (SSSR count). The molecule has 84 valence electrons. The lowest BCUT2D eigenvalue weighted by atomic mass is 10.2. The number of nitrogens with one attached hydrogen (secondary N) is 1. The Morgan fingerprint density at radius 2 is 2.13 bits per heavy atom. The summed E-state index contributed by atoms with van der Waals surface area (Å²) in [5.74, 6) is 1.27. The van der Waals surface area contributed by atoms with Gasteiger partial charge in [-0.2, -0.15) is 0 Å². The van der Waals surface area contributed by atoms with Crippen LogP contribution in [0.15, 0.2) is 24.3 Å². The molecule has 0 saturated carbocycles. The summed E-state index contributed by atoms with van der Waals surface area (Å²) >= 11 is 0. The van der Waals surface area contributed by atoms with Gasteiger partial charge in [0.15, 0.2) is 0 Å². The van der Waals surface area contributed by atoms with Gasteiger partial charge in [0.25, 0.3) is 0 Å². The molecular weight excluding hydrogens is 206 g/mol. The van der Waals surface area contributed by atoms with Crippen LogP contribution in [-0.2, 0) is 16.6 Å². The van der Waals surface area contributed by atoms with E-state index in [9.17, 15) is 4.21 Å². The fourth-order valence-corrected chi connectivity index (χ4v) is 1.98. The number of hydrogen-bond donors (Lipinski definition) is 1. The Hall–Kier alpha value is -0.830. The van der Waals surface area contributed by atoms with Crippen LogP contribution < -0.4 is 5.32 Å². The minimum absolute atomic E-state index is 0.633. The van der Waals surface area contributed by atoms with Gasteiger partial charge < -0.3 is 5.32 Å². The molecule has 0 amide bonds. The van der Waals surface area contributed by atoms with Gasteiger partial charge >= 0.3 is 0 Å². The highest BCUT2D eigenvalue weighted by Gasteiger charge is 1.99. The van der Waals surface area contributed by atoms with Crippen molar-refractivity contribution in [1.29, 1.82) is 0 Å². The lowest BCUT2D eigenvalue weighted by Crippen LogP contribution is -2.08. The van der Waals surface area contributed by atoms with E-state index in [0.29, 0.717) is 11.7 Å². The van der Waals surface area contributed by atoms with Crippen molar-refractivity contribution in [2.75, 3.05) is 18.1 Å². The Morgan fingerprint density at radius 1 is 1.40 bits per heavy atom. The van der Waals surface area contributed by atoms with E-state index in [2.05, 4.69) is 25.2 Å². The van der Waals surface area contributed by atoms with Gasteiger partial charge in [-0.05, 0) is 23.6 Å². The second-order valence-corrected chi connectivity index (χ2v) is 5.63. The van der Waals surface area contributed by atoms with E-state index in [4.69, 9.17) is 0 Å². The molecule has 1 aromatic carbocycles. The summed E-state index contributed by atoms with van der Waals surface area (Å²) in [5.41, 5.74) is 2.25. The predicted molar refractivity (Wildman–Crippen MR) is 67.5 cm³/mol. The van der Waals surface area contributed by atoms with Crippen molar-refractivity contribution in [3.8, 4) is 0 Å².